The highest BCUT2D eigenvalue weighted by Gasteiger charge is 2.31. The summed E-state index contributed by atoms with van der Waals surface area (Å²) in [5.41, 5.74) is 1.82. The maximum absolute atomic E-state index is 12.7. The minimum Gasteiger partial charge on any atom is -0.455 e. The highest BCUT2D eigenvalue weighted by Crippen LogP contribution is 2.26. The van der Waals surface area contributed by atoms with Crippen LogP contribution in [0.2, 0.25) is 0 Å². The number of rotatable bonds is 7. The van der Waals surface area contributed by atoms with Crippen molar-refractivity contribution in [2.24, 2.45) is 0 Å². The van der Waals surface area contributed by atoms with E-state index in [2.05, 4.69) is 10.2 Å². The van der Waals surface area contributed by atoms with Gasteiger partial charge >= 0.3 is 0 Å². The lowest BCUT2D eigenvalue weighted by atomic mass is 10.1. The van der Waals surface area contributed by atoms with Crippen LogP contribution < -0.4 is 5.32 Å². The number of hydrogen-bond donors (Lipinski definition) is 1. The molecule has 1 N–H and O–H groups in total. The summed E-state index contributed by atoms with van der Waals surface area (Å²) < 4.78 is 32.4. The quantitative estimate of drug-likeness (QED) is 0.766. The summed E-state index contributed by atoms with van der Waals surface area (Å²) in [4.78, 5) is 14.7. The van der Waals surface area contributed by atoms with Gasteiger partial charge in [-0.2, -0.15) is 4.31 Å². The average Bonchev–Trinajstić information content (AvgIpc) is 3.31. The van der Waals surface area contributed by atoms with Gasteiger partial charge in [-0.25, -0.2) is 8.42 Å². The van der Waals surface area contributed by atoms with E-state index in [-0.39, 0.29) is 16.4 Å². The molecule has 1 aromatic carbocycles. The first-order valence-corrected chi connectivity index (χ1v) is 10.9. The van der Waals surface area contributed by atoms with Crippen molar-refractivity contribution in [3.8, 4) is 0 Å². The van der Waals surface area contributed by atoms with E-state index in [0.29, 0.717) is 18.8 Å². The number of nitrogens with zero attached hydrogens (tertiary/aromatic N) is 2. The Hall–Kier alpha value is -2.16. The summed E-state index contributed by atoms with van der Waals surface area (Å²) in [6, 6.07) is 8.93. The van der Waals surface area contributed by atoms with Gasteiger partial charge in [-0.3, -0.25) is 4.79 Å². The molecule has 28 heavy (non-hydrogen) atoms. The van der Waals surface area contributed by atoms with Crippen molar-refractivity contribution in [3.63, 3.8) is 0 Å². The van der Waals surface area contributed by atoms with E-state index in [1.165, 1.54) is 15.9 Å². The number of carbonyl (C=O) groups is 1. The first-order valence-electron chi connectivity index (χ1n) is 9.43. The lowest BCUT2D eigenvalue weighted by molar-refractivity contribution is 0.0995. The Morgan fingerprint density at radius 3 is 2.43 bits per heavy atom. The molecular weight excluding hydrogens is 378 g/mol. The van der Waals surface area contributed by atoms with Gasteiger partial charge in [0, 0.05) is 31.4 Å². The summed E-state index contributed by atoms with van der Waals surface area (Å²) in [6.45, 7) is 3.54. The van der Waals surface area contributed by atoms with Crippen molar-refractivity contribution in [1.82, 2.24) is 9.21 Å². The Morgan fingerprint density at radius 1 is 1.18 bits per heavy atom. The minimum atomic E-state index is -3.62. The predicted molar refractivity (Wildman–Crippen MR) is 108 cm³/mol. The van der Waals surface area contributed by atoms with Crippen molar-refractivity contribution >= 4 is 21.6 Å². The van der Waals surface area contributed by atoms with Crippen molar-refractivity contribution < 1.29 is 17.6 Å². The lowest BCUT2D eigenvalue weighted by Gasteiger charge is -2.14. The molecule has 0 bridgehead atoms. The van der Waals surface area contributed by atoms with E-state index in [1.54, 1.807) is 6.92 Å². The summed E-state index contributed by atoms with van der Waals surface area (Å²) >= 11 is 0. The number of benzene rings is 1. The van der Waals surface area contributed by atoms with Crippen LogP contribution in [0.15, 0.2) is 39.6 Å². The molecule has 3 rings (SSSR count). The van der Waals surface area contributed by atoms with E-state index in [4.69, 9.17) is 4.42 Å². The van der Waals surface area contributed by atoms with Crippen LogP contribution in [-0.4, -0.2) is 57.3 Å². The van der Waals surface area contributed by atoms with Crippen LogP contribution in [-0.2, 0) is 16.4 Å². The number of amides is 1. The Kier molecular flexibility index (Phi) is 6.22. The number of carbonyl (C=O) groups excluding carboxylic acids is 1. The molecule has 2 aromatic rings. The van der Waals surface area contributed by atoms with Gasteiger partial charge in [0.1, 0.15) is 10.7 Å². The van der Waals surface area contributed by atoms with Crippen molar-refractivity contribution in [1.29, 1.82) is 0 Å². The minimum absolute atomic E-state index is 0.00745. The average molecular weight is 406 g/mol. The molecule has 0 atom stereocenters. The Bertz CT molecular complexity index is 927. The molecular formula is C20H27N3O4S. The van der Waals surface area contributed by atoms with Crippen LogP contribution in [0.4, 0.5) is 5.69 Å². The van der Waals surface area contributed by atoms with Gasteiger partial charge in [-0.15, -0.1) is 0 Å². The van der Waals surface area contributed by atoms with Crippen molar-refractivity contribution in [3.05, 3.63) is 47.4 Å². The second-order valence-electron chi connectivity index (χ2n) is 7.35. The van der Waals surface area contributed by atoms with E-state index in [0.717, 1.165) is 25.8 Å². The van der Waals surface area contributed by atoms with E-state index >= 15 is 0 Å². The molecule has 8 heteroatoms. The molecule has 1 fully saturated rings. The van der Waals surface area contributed by atoms with Gasteiger partial charge in [0.2, 0.25) is 10.0 Å². The van der Waals surface area contributed by atoms with Crippen LogP contribution in [0.25, 0.3) is 0 Å². The highest BCUT2D eigenvalue weighted by molar-refractivity contribution is 7.89. The summed E-state index contributed by atoms with van der Waals surface area (Å²) in [5, 5.41) is 2.76. The molecule has 0 radical (unpaired) electrons. The van der Waals surface area contributed by atoms with Gasteiger partial charge in [-0.05, 0) is 58.0 Å². The zero-order chi connectivity index (χ0) is 20.3. The van der Waals surface area contributed by atoms with Gasteiger partial charge < -0.3 is 14.6 Å². The number of hydrogen-bond acceptors (Lipinski definition) is 5. The van der Waals surface area contributed by atoms with Gasteiger partial charge in [-0.1, -0.05) is 12.1 Å². The topological polar surface area (TPSA) is 82.9 Å². The largest absolute Gasteiger partial charge is 0.455 e. The van der Waals surface area contributed by atoms with Crippen molar-refractivity contribution in [2.75, 3.05) is 39.0 Å². The molecule has 1 aliphatic heterocycles. The third kappa shape index (κ3) is 4.63. The zero-order valence-corrected chi connectivity index (χ0v) is 17.4. The zero-order valence-electron chi connectivity index (χ0n) is 16.6. The molecule has 0 saturated carbocycles. The summed E-state index contributed by atoms with van der Waals surface area (Å²) in [7, 11) is 0.434. The number of anilines is 1. The number of sulfonamides is 1. The number of furan rings is 1. The van der Waals surface area contributed by atoms with Crippen molar-refractivity contribution in [2.45, 2.75) is 31.1 Å². The number of aryl methyl sites for hydroxylation is 1. The molecule has 1 amide bonds. The Balaban J connectivity index is 1.70. The molecule has 1 aliphatic rings. The van der Waals surface area contributed by atoms with Crippen LogP contribution >= 0.6 is 0 Å². The summed E-state index contributed by atoms with van der Waals surface area (Å²) in [6.07, 6.45) is 2.64. The fraction of sp³-hybridized carbons (Fsp3) is 0.450. The molecule has 7 nitrogen and oxygen atoms in total. The molecule has 1 aromatic heterocycles. The molecule has 1 saturated heterocycles. The van der Waals surface area contributed by atoms with E-state index in [9.17, 15) is 13.2 Å². The summed E-state index contributed by atoms with van der Waals surface area (Å²) in [5.74, 6) is -0.241. The van der Waals surface area contributed by atoms with E-state index in [1.807, 2.05) is 38.4 Å². The lowest BCUT2D eigenvalue weighted by Crippen LogP contribution is -2.28. The standard InChI is InChI=1S/C20H27N3O4S/c1-15-19(28(25,26)23-11-4-5-12-23)14-18(27-15)20(24)21-17-8-6-16(7-9-17)10-13-22(2)3/h6-9,14H,4-5,10-13H2,1-3H3,(H,21,24). The molecule has 0 spiro atoms. The third-order valence-electron chi connectivity index (χ3n) is 4.84. The maximum atomic E-state index is 12.7. The normalized spacial score (nSPS) is 15.3. The molecule has 2 heterocycles. The van der Waals surface area contributed by atoms with Crippen LogP contribution in [0.1, 0.15) is 34.7 Å². The second-order valence-corrected chi connectivity index (χ2v) is 9.25. The predicted octanol–water partition coefficient (Wildman–Crippen LogP) is 2.73. The molecule has 0 unspecified atom stereocenters. The number of nitrogens with one attached hydrogen (secondary N) is 1. The van der Waals surface area contributed by atoms with Crippen LogP contribution in [0, 0.1) is 6.92 Å². The third-order valence-corrected chi connectivity index (χ3v) is 6.84. The monoisotopic (exact) mass is 405 g/mol. The smallest absolute Gasteiger partial charge is 0.291 e. The van der Waals surface area contributed by atoms with Gasteiger partial charge in [0.25, 0.3) is 5.91 Å². The first kappa shape index (κ1) is 20.6. The highest BCUT2D eigenvalue weighted by atomic mass is 32.2. The SMILES string of the molecule is Cc1oc(C(=O)Nc2ccc(CCN(C)C)cc2)cc1S(=O)(=O)N1CCCC1. The maximum Gasteiger partial charge on any atom is 0.291 e. The van der Waals surface area contributed by atoms with Gasteiger partial charge in [0.05, 0.1) is 0 Å². The molecule has 0 aliphatic carbocycles. The Morgan fingerprint density at radius 2 is 1.82 bits per heavy atom. The van der Waals surface area contributed by atoms with Gasteiger partial charge in [0.15, 0.2) is 5.76 Å². The van der Waals surface area contributed by atoms with E-state index < -0.39 is 15.9 Å². The van der Waals surface area contributed by atoms with Crippen LogP contribution in [0.5, 0.6) is 0 Å². The van der Waals surface area contributed by atoms with Crippen LogP contribution in [0.3, 0.4) is 0 Å². The molecule has 152 valence electrons. The second kappa shape index (κ2) is 8.46. The first-order chi connectivity index (χ1) is 13.3. The Labute approximate surface area is 166 Å². The number of likely N-dealkylation sites (N-methyl/N-ethyl adjacent to an activating group) is 1. The fourth-order valence-corrected chi connectivity index (χ4v) is 4.88. The fourth-order valence-electron chi connectivity index (χ4n) is 3.20.